The van der Waals surface area contributed by atoms with Gasteiger partial charge in [0.1, 0.15) is 6.04 Å². The van der Waals surface area contributed by atoms with Gasteiger partial charge in [-0.1, -0.05) is 12.1 Å². The molecule has 1 atom stereocenters. The van der Waals surface area contributed by atoms with Gasteiger partial charge in [-0.2, -0.15) is 16.2 Å². The Bertz CT molecular complexity index is 484. The van der Waals surface area contributed by atoms with Crippen LogP contribution in [0.5, 0.6) is 0 Å². The second-order valence-corrected chi connectivity index (χ2v) is 4.68. The van der Waals surface area contributed by atoms with E-state index in [1.54, 1.807) is 0 Å². The number of hydrogen-bond donors (Lipinski definition) is 1. The molecule has 0 radical (unpaired) electrons. The van der Waals surface area contributed by atoms with Gasteiger partial charge in [0, 0.05) is 23.1 Å². The van der Waals surface area contributed by atoms with Crippen LogP contribution in [-0.4, -0.2) is 29.8 Å². The molecule has 1 rings (SSSR count). The van der Waals surface area contributed by atoms with Crippen molar-refractivity contribution < 1.29 is 18.8 Å². The zero-order valence-corrected chi connectivity index (χ0v) is 11.0. The first-order valence-corrected chi connectivity index (χ1v) is 6.45. The highest BCUT2D eigenvalue weighted by Crippen LogP contribution is 2.23. The van der Waals surface area contributed by atoms with Crippen LogP contribution in [0.4, 0.5) is 10.1 Å². The van der Waals surface area contributed by atoms with Gasteiger partial charge < -0.3 is 10.5 Å². The molecular formula is C11H13FN2O4S. The van der Waals surface area contributed by atoms with E-state index in [0.717, 1.165) is 6.07 Å². The summed E-state index contributed by atoms with van der Waals surface area (Å²) in [4.78, 5) is 20.8. The molecule has 0 fully saturated rings. The van der Waals surface area contributed by atoms with Gasteiger partial charge in [-0.25, -0.2) is 0 Å². The van der Waals surface area contributed by atoms with Crippen molar-refractivity contribution in [3.8, 4) is 0 Å². The molecule has 0 aliphatic rings. The van der Waals surface area contributed by atoms with Gasteiger partial charge in [-0.05, 0) is 0 Å². The van der Waals surface area contributed by atoms with Crippen LogP contribution in [0.1, 0.15) is 5.56 Å². The van der Waals surface area contributed by atoms with E-state index in [1.165, 1.54) is 31.0 Å². The molecule has 1 aromatic carbocycles. The number of thioether (sulfide) groups is 1. The second-order valence-electron chi connectivity index (χ2n) is 3.65. The number of benzene rings is 1. The lowest BCUT2D eigenvalue weighted by atomic mass is 10.2. The Kier molecular flexibility index (Phi) is 5.71. The summed E-state index contributed by atoms with van der Waals surface area (Å²) in [6.07, 6.45) is 0. The number of nitro groups is 1. The molecule has 2 N–H and O–H groups in total. The molecule has 0 bridgehead atoms. The molecule has 0 amide bonds. The Balaban J connectivity index is 2.62. The highest BCUT2D eigenvalue weighted by molar-refractivity contribution is 7.98. The predicted octanol–water partition coefficient (Wildman–Crippen LogP) is 1.47. The summed E-state index contributed by atoms with van der Waals surface area (Å²) in [6, 6.07) is 3.18. The molecule has 0 spiro atoms. The number of nitrogens with two attached hydrogens (primary N) is 1. The van der Waals surface area contributed by atoms with Crippen molar-refractivity contribution in [1.29, 1.82) is 0 Å². The summed E-state index contributed by atoms with van der Waals surface area (Å²) in [7, 11) is 1.23. The number of esters is 1. The lowest BCUT2D eigenvalue weighted by molar-refractivity contribution is -0.387. The van der Waals surface area contributed by atoms with Gasteiger partial charge in [-0.3, -0.25) is 14.9 Å². The van der Waals surface area contributed by atoms with Gasteiger partial charge >= 0.3 is 11.7 Å². The fourth-order valence-electron chi connectivity index (χ4n) is 1.33. The lowest BCUT2D eigenvalue weighted by Crippen LogP contribution is -2.33. The number of nitrogens with zero attached hydrogens (tertiary/aromatic N) is 1. The van der Waals surface area contributed by atoms with Crippen LogP contribution in [0.2, 0.25) is 0 Å². The number of hydrogen-bond acceptors (Lipinski definition) is 6. The molecule has 104 valence electrons. The molecule has 6 nitrogen and oxygen atoms in total. The minimum atomic E-state index is -0.855. The third-order valence-electron chi connectivity index (χ3n) is 2.31. The molecule has 0 saturated heterocycles. The monoisotopic (exact) mass is 288 g/mol. The standard InChI is InChI=1S/C11H13FN2O4S/c1-18-11(15)8(13)6-19-5-7-3-2-4-9(10(7)12)14(16)17/h2-4,8H,5-6,13H2,1H3. The zero-order chi connectivity index (χ0) is 14.4. The Morgan fingerprint density at radius 2 is 2.32 bits per heavy atom. The third-order valence-corrected chi connectivity index (χ3v) is 3.42. The van der Waals surface area contributed by atoms with Crippen molar-refractivity contribution in [3.05, 3.63) is 39.7 Å². The SMILES string of the molecule is COC(=O)C(N)CSCc1cccc([N+](=O)[O-])c1F. The Labute approximate surface area is 113 Å². The summed E-state index contributed by atoms with van der Waals surface area (Å²) in [5.41, 5.74) is 5.16. The van der Waals surface area contributed by atoms with E-state index >= 15 is 0 Å². The maximum Gasteiger partial charge on any atom is 0.323 e. The highest BCUT2D eigenvalue weighted by Gasteiger charge is 2.18. The minimum Gasteiger partial charge on any atom is -0.468 e. The molecule has 8 heteroatoms. The topological polar surface area (TPSA) is 95.5 Å². The number of carbonyl (C=O) groups excluding carboxylic acids is 1. The maximum absolute atomic E-state index is 13.7. The van der Waals surface area contributed by atoms with Crippen LogP contribution in [0.15, 0.2) is 18.2 Å². The summed E-state index contributed by atoms with van der Waals surface area (Å²) in [6.45, 7) is 0. The average Bonchev–Trinajstić information content (AvgIpc) is 2.39. The van der Waals surface area contributed by atoms with Gasteiger partial charge in [0.05, 0.1) is 12.0 Å². The van der Waals surface area contributed by atoms with Crippen molar-refractivity contribution in [3.63, 3.8) is 0 Å². The van der Waals surface area contributed by atoms with Gasteiger partial charge in [0.25, 0.3) is 0 Å². The average molecular weight is 288 g/mol. The molecule has 0 aliphatic carbocycles. The van der Waals surface area contributed by atoms with Crippen molar-refractivity contribution in [1.82, 2.24) is 0 Å². The summed E-state index contributed by atoms with van der Waals surface area (Å²) in [5, 5.41) is 10.6. The lowest BCUT2D eigenvalue weighted by Gasteiger charge is -2.09. The number of halogens is 1. The molecule has 0 aromatic heterocycles. The van der Waals surface area contributed by atoms with Crippen LogP contribution < -0.4 is 5.73 Å². The number of carbonyl (C=O) groups is 1. The van der Waals surface area contributed by atoms with Crippen molar-refractivity contribution in [2.75, 3.05) is 12.9 Å². The first-order valence-electron chi connectivity index (χ1n) is 5.30. The molecule has 0 heterocycles. The van der Waals surface area contributed by atoms with Gasteiger partial charge in [0.2, 0.25) is 5.82 Å². The van der Waals surface area contributed by atoms with Crippen molar-refractivity contribution >= 4 is 23.4 Å². The largest absolute Gasteiger partial charge is 0.468 e. The third kappa shape index (κ3) is 4.18. The van der Waals surface area contributed by atoms with E-state index in [1.807, 2.05) is 0 Å². The van der Waals surface area contributed by atoms with E-state index in [-0.39, 0.29) is 17.1 Å². The minimum absolute atomic E-state index is 0.193. The Morgan fingerprint density at radius 1 is 1.63 bits per heavy atom. The zero-order valence-electron chi connectivity index (χ0n) is 10.2. The first kappa shape index (κ1) is 15.4. The van der Waals surface area contributed by atoms with Crippen molar-refractivity contribution in [2.24, 2.45) is 5.73 Å². The molecule has 0 saturated carbocycles. The molecule has 0 aliphatic heterocycles. The normalized spacial score (nSPS) is 11.9. The van der Waals surface area contributed by atoms with E-state index in [9.17, 15) is 19.3 Å². The maximum atomic E-state index is 13.7. The fraction of sp³-hybridized carbons (Fsp3) is 0.364. The number of ether oxygens (including phenoxy) is 1. The Morgan fingerprint density at radius 3 is 2.89 bits per heavy atom. The van der Waals surface area contributed by atoms with Crippen LogP contribution in [0.3, 0.4) is 0 Å². The molecular weight excluding hydrogens is 275 g/mol. The van der Waals surface area contributed by atoms with Crippen LogP contribution in [0, 0.1) is 15.9 Å². The number of nitro benzene ring substituents is 1. The van der Waals surface area contributed by atoms with Gasteiger partial charge in [0.15, 0.2) is 0 Å². The van der Waals surface area contributed by atoms with Crippen LogP contribution >= 0.6 is 11.8 Å². The van der Waals surface area contributed by atoms with E-state index in [0.29, 0.717) is 0 Å². The summed E-state index contributed by atoms with van der Waals surface area (Å²) >= 11 is 1.20. The molecule has 19 heavy (non-hydrogen) atoms. The number of rotatable bonds is 6. The highest BCUT2D eigenvalue weighted by atomic mass is 32.2. The van der Waals surface area contributed by atoms with Crippen LogP contribution in [-0.2, 0) is 15.3 Å². The van der Waals surface area contributed by atoms with Gasteiger partial charge in [-0.15, -0.1) is 0 Å². The predicted molar refractivity (Wildman–Crippen MR) is 69.2 cm³/mol. The summed E-state index contributed by atoms with van der Waals surface area (Å²) < 4.78 is 18.1. The first-order chi connectivity index (χ1) is 8.97. The van der Waals surface area contributed by atoms with E-state index < -0.39 is 28.4 Å². The van der Waals surface area contributed by atoms with Crippen LogP contribution in [0.25, 0.3) is 0 Å². The smallest absolute Gasteiger partial charge is 0.323 e. The second kappa shape index (κ2) is 7.05. The fourth-order valence-corrected chi connectivity index (χ4v) is 2.28. The number of methoxy groups -OCH3 is 1. The van der Waals surface area contributed by atoms with E-state index in [2.05, 4.69) is 4.74 Å². The molecule has 1 aromatic rings. The quantitative estimate of drug-likeness (QED) is 0.484. The Hall–Kier alpha value is -1.67. The van der Waals surface area contributed by atoms with E-state index in [4.69, 9.17) is 5.73 Å². The molecule has 1 unspecified atom stereocenters. The summed E-state index contributed by atoms with van der Waals surface area (Å²) in [5.74, 6) is -0.967. The van der Waals surface area contributed by atoms with Crippen molar-refractivity contribution in [2.45, 2.75) is 11.8 Å².